The molecule has 1 amide bonds. The van der Waals surface area contributed by atoms with Crippen molar-refractivity contribution in [2.24, 2.45) is 11.1 Å². The summed E-state index contributed by atoms with van der Waals surface area (Å²) >= 11 is 0. The van der Waals surface area contributed by atoms with Crippen LogP contribution in [0.5, 0.6) is 0 Å². The van der Waals surface area contributed by atoms with Gasteiger partial charge in [0.1, 0.15) is 5.41 Å². The molecule has 0 aliphatic heterocycles. The highest BCUT2D eigenvalue weighted by Gasteiger charge is 2.37. The van der Waals surface area contributed by atoms with Gasteiger partial charge in [-0.25, -0.2) is 0 Å². The van der Waals surface area contributed by atoms with Gasteiger partial charge in [0.15, 0.2) is 0 Å². The van der Waals surface area contributed by atoms with Crippen molar-refractivity contribution >= 4 is 11.9 Å². The minimum Gasteiger partial charge on any atom is -0.480 e. The van der Waals surface area contributed by atoms with E-state index in [4.69, 9.17) is 10.8 Å². The minimum absolute atomic E-state index is 0.220. The summed E-state index contributed by atoms with van der Waals surface area (Å²) in [5.41, 5.74) is 3.46. The minimum atomic E-state index is -1.40. The molecule has 0 fully saturated rings. The van der Waals surface area contributed by atoms with E-state index in [9.17, 15) is 9.59 Å². The van der Waals surface area contributed by atoms with E-state index in [2.05, 4.69) is 0 Å². The molecule has 0 spiro atoms. The first-order valence-electron chi connectivity index (χ1n) is 2.98. The summed E-state index contributed by atoms with van der Waals surface area (Å²) in [6.45, 7) is 2.93. The summed E-state index contributed by atoms with van der Waals surface area (Å²) in [5.74, 6) is -1.95. The van der Waals surface area contributed by atoms with Gasteiger partial charge in [0.25, 0.3) is 0 Å². The number of hydrogen-bond acceptors (Lipinski definition) is 2. The lowest BCUT2D eigenvalue weighted by Gasteiger charge is -2.17. The Bertz CT molecular complexity index is 150. The van der Waals surface area contributed by atoms with Crippen molar-refractivity contribution in [3.8, 4) is 0 Å². The molecule has 10 heavy (non-hydrogen) atoms. The number of carboxylic acid groups (broad SMARTS) is 1. The Morgan fingerprint density at radius 2 is 2.00 bits per heavy atom. The van der Waals surface area contributed by atoms with Crippen LogP contribution in [0.25, 0.3) is 0 Å². The van der Waals surface area contributed by atoms with Crippen LogP contribution in [0.15, 0.2) is 0 Å². The third kappa shape index (κ3) is 1.26. The fourth-order valence-corrected chi connectivity index (χ4v) is 0.431. The molecule has 0 aromatic rings. The lowest BCUT2D eigenvalue weighted by atomic mass is 9.87. The van der Waals surface area contributed by atoms with Gasteiger partial charge in [-0.05, 0) is 13.3 Å². The summed E-state index contributed by atoms with van der Waals surface area (Å²) in [7, 11) is 0. The Kier molecular flexibility index (Phi) is 2.40. The molecule has 0 aliphatic rings. The molecule has 1 atom stereocenters. The van der Waals surface area contributed by atoms with Gasteiger partial charge < -0.3 is 10.8 Å². The summed E-state index contributed by atoms with van der Waals surface area (Å²) in [4.78, 5) is 20.9. The molecule has 0 rings (SSSR count). The topological polar surface area (TPSA) is 80.4 Å². The lowest BCUT2D eigenvalue weighted by Crippen LogP contribution is -2.40. The van der Waals surface area contributed by atoms with E-state index < -0.39 is 17.3 Å². The Hall–Kier alpha value is -1.06. The normalized spacial score (nSPS) is 15.8. The van der Waals surface area contributed by atoms with Crippen LogP contribution in [0.4, 0.5) is 0 Å². The van der Waals surface area contributed by atoms with Crippen LogP contribution in [0.2, 0.25) is 0 Å². The number of carbonyl (C=O) groups is 2. The van der Waals surface area contributed by atoms with Gasteiger partial charge >= 0.3 is 5.97 Å². The van der Waals surface area contributed by atoms with Crippen LogP contribution >= 0.6 is 0 Å². The molecule has 0 saturated carbocycles. The molecule has 0 radical (unpaired) electrons. The maximum atomic E-state index is 10.5. The number of aliphatic carboxylic acids is 1. The number of hydrogen-bond donors (Lipinski definition) is 2. The van der Waals surface area contributed by atoms with Crippen LogP contribution < -0.4 is 5.73 Å². The Labute approximate surface area is 59.0 Å². The van der Waals surface area contributed by atoms with Gasteiger partial charge in [-0.15, -0.1) is 0 Å². The molecular weight excluding hydrogens is 134 g/mol. The van der Waals surface area contributed by atoms with E-state index in [1.807, 2.05) is 0 Å². The monoisotopic (exact) mass is 145 g/mol. The molecule has 4 nitrogen and oxygen atoms in total. The van der Waals surface area contributed by atoms with Crippen molar-refractivity contribution in [3.63, 3.8) is 0 Å². The van der Waals surface area contributed by atoms with E-state index in [1.165, 1.54) is 6.92 Å². The molecule has 0 heterocycles. The molecule has 0 bridgehead atoms. The molecule has 0 aliphatic carbocycles. The number of carboxylic acids is 1. The van der Waals surface area contributed by atoms with Crippen molar-refractivity contribution in [3.05, 3.63) is 0 Å². The molecular formula is C6H11NO3. The third-order valence-corrected chi connectivity index (χ3v) is 1.72. The summed E-state index contributed by atoms with van der Waals surface area (Å²) in [6, 6.07) is 0. The molecule has 0 aromatic carbocycles. The maximum absolute atomic E-state index is 10.5. The average Bonchev–Trinajstić information content (AvgIpc) is 1.85. The lowest BCUT2D eigenvalue weighted by molar-refractivity contribution is -0.153. The van der Waals surface area contributed by atoms with Gasteiger partial charge in [0.2, 0.25) is 5.91 Å². The van der Waals surface area contributed by atoms with Crippen molar-refractivity contribution in [2.75, 3.05) is 0 Å². The Morgan fingerprint density at radius 1 is 1.60 bits per heavy atom. The van der Waals surface area contributed by atoms with Crippen LogP contribution in [0, 0.1) is 5.41 Å². The zero-order valence-corrected chi connectivity index (χ0v) is 6.05. The zero-order chi connectivity index (χ0) is 8.36. The molecule has 0 saturated heterocycles. The standard InChI is InChI=1S/C6H11NO3/c1-3-6(2,4(7)8)5(9)10/h3H2,1-2H3,(H2,7,8)(H,9,10). The largest absolute Gasteiger partial charge is 0.480 e. The summed E-state index contributed by atoms with van der Waals surface area (Å²) < 4.78 is 0. The van der Waals surface area contributed by atoms with E-state index in [0.717, 1.165) is 0 Å². The molecule has 0 aromatic heterocycles. The van der Waals surface area contributed by atoms with Crippen LogP contribution in [0.1, 0.15) is 20.3 Å². The number of rotatable bonds is 3. The Balaban J connectivity index is 4.55. The van der Waals surface area contributed by atoms with E-state index in [-0.39, 0.29) is 6.42 Å². The van der Waals surface area contributed by atoms with Gasteiger partial charge in [-0.1, -0.05) is 6.92 Å². The van der Waals surface area contributed by atoms with Crippen LogP contribution in [0.3, 0.4) is 0 Å². The number of amides is 1. The second-order valence-electron chi connectivity index (χ2n) is 2.36. The van der Waals surface area contributed by atoms with Gasteiger partial charge in [0.05, 0.1) is 0 Å². The van der Waals surface area contributed by atoms with Crippen LogP contribution in [-0.2, 0) is 9.59 Å². The fourth-order valence-electron chi connectivity index (χ4n) is 0.431. The van der Waals surface area contributed by atoms with Crippen molar-refractivity contribution in [1.29, 1.82) is 0 Å². The fraction of sp³-hybridized carbons (Fsp3) is 0.667. The highest BCUT2D eigenvalue weighted by molar-refractivity contribution is 6.00. The number of primary amides is 1. The first-order valence-corrected chi connectivity index (χ1v) is 2.98. The number of nitrogens with two attached hydrogens (primary N) is 1. The maximum Gasteiger partial charge on any atom is 0.318 e. The summed E-state index contributed by atoms with van der Waals surface area (Å²) in [6.07, 6.45) is 0.220. The van der Waals surface area contributed by atoms with Crippen molar-refractivity contribution < 1.29 is 14.7 Å². The molecule has 58 valence electrons. The summed E-state index contributed by atoms with van der Waals surface area (Å²) in [5, 5.41) is 8.50. The van der Waals surface area contributed by atoms with E-state index in [1.54, 1.807) is 6.92 Å². The average molecular weight is 145 g/mol. The van der Waals surface area contributed by atoms with E-state index in [0.29, 0.717) is 0 Å². The first-order chi connectivity index (χ1) is 4.45. The van der Waals surface area contributed by atoms with Gasteiger partial charge in [-0.3, -0.25) is 9.59 Å². The van der Waals surface area contributed by atoms with Gasteiger partial charge in [0, 0.05) is 0 Å². The smallest absolute Gasteiger partial charge is 0.318 e. The quantitative estimate of drug-likeness (QED) is 0.547. The highest BCUT2D eigenvalue weighted by Crippen LogP contribution is 2.19. The van der Waals surface area contributed by atoms with Crippen molar-refractivity contribution in [2.45, 2.75) is 20.3 Å². The second kappa shape index (κ2) is 2.68. The molecule has 3 N–H and O–H groups in total. The predicted octanol–water partition coefficient (Wildman–Crippen LogP) is -0.0274. The predicted molar refractivity (Wildman–Crippen MR) is 35.2 cm³/mol. The van der Waals surface area contributed by atoms with Crippen molar-refractivity contribution in [1.82, 2.24) is 0 Å². The SMILES string of the molecule is CCC(C)(C(N)=O)C(=O)O. The molecule has 4 heteroatoms. The molecule has 1 unspecified atom stereocenters. The van der Waals surface area contributed by atoms with E-state index >= 15 is 0 Å². The van der Waals surface area contributed by atoms with Gasteiger partial charge in [-0.2, -0.15) is 0 Å². The van der Waals surface area contributed by atoms with Crippen LogP contribution in [-0.4, -0.2) is 17.0 Å². The highest BCUT2D eigenvalue weighted by atomic mass is 16.4. The second-order valence-corrected chi connectivity index (χ2v) is 2.36. The first kappa shape index (κ1) is 8.94. The zero-order valence-electron chi connectivity index (χ0n) is 6.05. The number of carbonyl (C=O) groups excluding carboxylic acids is 1. The Morgan fingerprint density at radius 3 is 2.00 bits per heavy atom. The third-order valence-electron chi connectivity index (χ3n) is 1.72.